The predicted octanol–water partition coefficient (Wildman–Crippen LogP) is 8.88. The molecule has 1 fully saturated rings. The molecule has 3 unspecified atom stereocenters. The van der Waals surface area contributed by atoms with E-state index < -0.39 is 11.9 Å². The Morgan fingerprint density at radius 2 is 1.71 bits per heavy atom. The quantitative estimate of drug-likeness (QED) is 0.145. The molecule has 3 aromatic rings. The van der Waals surface area contributed by atoms with E-state index in [4.69, 9.17) is 32.7 Å². The van der Waals surface area contributed by atoms with Gasteiger partial charge < -0.3 is 30.5 Å². The second kappa shape index (κ2) is 20.4. The van der Waals surface area contributed by atoms with E-state index in [9.17, 15) is 14.7 Å². The fraction of sp³-hybridized carbons (Fsp3) is 0.421. The van der Waals surface area contributed by atoms with Gasteiger partial charge in [-0.3, -0.25) is 9.59 Å². The van der Waals surface area contributed by atoms with Gasteiger partial charge in [-0.1, -0.05) is 69.1 Å². The average molecular weight is 780 g/mol. The number of piperidine rings is 1. The van der Waals surface area contributed by atoms with Crippen molar-refractivity contribution in [1.29, 1.82) is 0 Å². The smallest absolute Gasteiger partial charge is 0.244 e. The Balaban J connectivity index is 0.00000201. The maximum Gasteiger partial charge on any atom is 0.244 e. The summed E-state index contributed by atoms with van der Waals surface area (Å²) >= 11 is 15.8. The van der Waals surface area contributed by atoms with Crippen molar-refractivity contribution in [1.82, 2.24) is 16.0 Å². The molecule has 11 heteroatoms. The van der Waals surface area contributed by atoms with Crippen LogP contribution in [0.5, 0.6) is 17.2 Å². The van der Waals surface area contributed by atoms with Crippen LogP contribution in [0.4, 0.5) is 0 Å². The molecule has 1 heterocycles. The maximum absolute atomic E-state index is 13.6. The van der Waals surface area contributed by atoms with Crippen LogP contribution in [-0.4, -0.2) is 47.7 Å². The van der Waals surface area contributed by atoms with Gasteiger partial charge in [-0.15, -0.1) is 0 Å². The number of hydrogen-bond acceptors (Lipinski definition) is 6. The van der Waals surface area contributed by atoms with Crippen LogP contribution in [0.25, 0.3) is 6.08 Å². The largest absolute Gasteiger partial charge is 0.503 e. The third kappa shape index (κ3) is 13.2. The first-order valence-corrected chi connectivity index (χ1v) is 18.2. The number of methoxy groups -OCH3 is 1. The summed E-state index contributed by atoms with van der Waals surface area (Å²) < 4.78 is 11.5. The van der Waals surface area contributed by atoms with Crippen LogP contribution in [0, 0.1) is 0 Å². The Morgan fingerprint density at radius 1 is 1.08 bits per heavy atom. The first kappa shape index (κ1) is 41.9. The topological polar surface area (TPSA) is 109 Å². The van der Waals surface area contributed by atoms with E-state index in [1.807, 2.05) is 52.0 Å². The Bertz CT molecular complexity index is 1530. The number of halogens is 3. The molecule has 1 aliphatic rings. The molecule has 49 heavy (non-hydrogen) atoms. The van der Waals surface area contributed by atoms with E-state index in [1.54, 1.807) is 36.4 Å². The monoisotopic (exact) mass is 777 g/mol. The SMILES string of the molecule is CC.CC.COc1cc(/C=C/C(=O)NC(Cc2ccc(OCc3c(Cl)cccc3Cl)cc2)C(=O)NC2CC(C)NC(C)(C)C2)cc(Br)c1O. The summed E-state index contributed by atoms with van der Waals surface area (Å²) in [6, 6.07) is 15.3. The summed E-state index contributed by atoms with van der Waals surface area (Å²) in [5, 5.41) is 20.8. The second-order valence-electron chi connectivity index (χ2n) is 11.9. The zero-order chi connectivity index (χ0) is 36.7. The van der Waals surface area contributed by atoms with Crippen molar-refractivity contribution in [2.45, 2.75) is 98.0 Å². The summed E-state index contributed by atoms with van der Waals surface area (Å²) in [7, 11) is 1.45. The van der Waals surface area contributed by atoms with Gasteiger partial charge in [-0.05, 0) is 103 Å². The molecule has 3 aromatic carbocycles. The fourth-order valence-electron chi connectivity index (χ4n) is 5.55. The number of nitrogens with one attached hydrogen (secondary N) is 3. The molecule has 0 aromatic heterocycles. The van der Waals surface area contributed by atoms with E-state index >= 15 is 0 Å². The molecule has 1 aliphatic heterocycles. The fourth-order valence-corrected chi connectivity index (χ4v) is 6.52. The summed E-state index contributed by atoms with van der Waals surface area (Å²) in [5.41, 5.74) is 2.05. The molecule has 2 amide bonds. The number of phenols is 1. The minimum absolute atomic E-state index is 0.0321. The van der Waals surface area contributed by atoms with Gasteiger partial charge in [0.05, 0.1) is 11.6 Å². The number of aromatic hydroxyl groups is 1. The minimum Gasteiger partial charge on any atom is -0.503 e. The van der Waals surface area contributed by atoms with Crippen LogP contribution >= 0.6 is 39.1 Å². The molecule has 0 saturated carbocycles. The lowest BCUT2D eigenvalue weighted by atomic mass is 9.86. The van der Waals surface area contributed by atoms with Crippen molar-refractivity contribution < 1.29 is 24.2 Å². The highest BCUT2D eigenvalue weighted by Crippen LogP contribution is 2.35. The van der Waals surface area contributed by atoms with E-state index in [2.05, 4.69) is 52.7 Å². The van der Waals surface area contributed by atoms with Crippen molar-refractivity contribution in [3.05, 3.63) is 91.9 Å². The van der Waals surface area contributed by atoms with Crippen LogP contribution < -0.4 is 25.4 Å². The van der Waals surface area contributed by atoms with Gasteiger partial charge in [0.2, 0.25) is 11.8 Å². The number of ether oxygens (including phenoxy) is 2. The Kier molecular flexibility index (Phi) is 17.5. The van der Waals surface area contributed by atoms with Gasteiger partial charge >= 0.3 is 0 Å². The molecule has 0 radical (unpaired) electrons. The first-order valence-electron chi connectivity index (χ1n) is 16.6. The third-order valence-corrected chi connectivity index (χ3v) is 8.83. The molecular weight excluding hydrogens is 729 g/mol. The van der Waals surface area contributed by atoms with Gasteiger partial charge in [0.1, 0.15) is 18.4 Å². The maximum atomic E-state index is 13.6. The summed E-state index contributed by atoms with van der Waals surface area (Å²) in [6.07, 6.45) is 4.76. The van der Waals surface area contributed by atoms with Gasteiger partial charge in [0.15, 0.2) is 11.5 Å². The van der Waals surface area contributed by atoms with Crippen molar-refractivity contribution in [2.24, 2.45) is 0 Å². The van der Waals surface area contributed by atoms with Gasteiger partial charge in [-0.2, -0.15) is 0 Å². The molecule has 4 rings (SSSR count). The van der Waals surface area contributed by atoms with Gasteiger partial charge in [0, 0.05) is 45.7 Å². The van der Waals surface area contributed by atoms with Crippen molar-refractivity contribution in [3.63, 3.8) is 0 Å². The molecule has 4 N–H and O–H groups in total. The molecule has 1 saturated heterocycles. The molecule has 0 aliphatic carbocycles. The normalized spacial score (nSPS) is 17.0. The number of carbonyl (C=O) groups is 2. The molecular formula is C38H50BrCl2N3O5. The predicted molar refractivity (Wildman–Crippen MR) is 205 cm³/mol. The number of phenolic OH excluding ortho intramolecular Hbond substituents is 1. The van der Waals surface area contributed by atoms with Crippen LogP contribution in [0.2, 0.25) is 10.0 Å². The van der Waals surface area contributed by atoms with Crippen molar-refractivity contribution >= 4 is 57.0 Å². The van der Waals surface area contributed by atoms with E-state index in [0.717, 1.165) is 18.4 Å². The van der Waals surface area contributed by atoms with Crippen LogP contribution in [0.15, 0.2) is 65.1 Å². The van der Waals surface area contributed by atoms with E-state index in [1.165, 1.54) is 13.2 Å². The summed E-state index contributed by atoms with van der Waals surface area (Å²) in [4.78, 5) is 26.7. The average Bonchev–Trinajstić information content (AvgIpc) is 3.06. The first-order chi connectivity index (χ1) is 23.3. The van der Waals surface area contributed by atoms with Crippen molar-refractivity contribution in [2.75, 3.05) is 7.11 Å². The van der Waals surface area contributed by atoms with Crippen molar-refractivity contribution in [3.8, 4) is 17.2 Å². The lowest BCUT2D eigenvalue weighted by Gasteiger charge is -2.41. The number of hydrogen-bond donors (Lipinski definition) is 4. The zero-order valence-electron chi connectivity index (χ0n) is 29.6. The highest BCUT2D eigenvalue weighted by atomic mass is 79.9. The molecule has 268 valence electrons. The minimum atomic E-state index is -0.828. The summed E-state index contributed by atoms with van der Waals surface area (Å²) in [6.45, 7) is 14.5. The number of benzene rings is 3. The van der Waals surface area contributed by atoms with Crippen LogP contribution in [-0.2, 0) is 22.6 Å². The standard InChI is InChI=1S/C34H38BrCl2N3O5.2C2H6/c1-20-14-23(18-34(2,3)40-20)38-33(43)29(39-31(41)13-10-22-15-26(35)32(42)30(17-22)44-4)16-21-8-11-24(12-9-21)45-19-25-27(36)6-5-7-28(25)37;2*1-2/h5-13,15,17,20,23,29,40,42H,14,16,18-19H2,1-4H3,(H,38,43)(H,39,41);2*1-2H3/b13-10+;;. The third-order valence-electron chi connectivity index (χ3n) is 7.52. The zero-order valence-corrected chi connectivity index (χ0v) is 32.7. The van der Waals surface area contributed by atoms with E-state index in [0.29, 0.717) is 31.4 Å². The highest BCUT2D eigenvalue weighted by Gasteiger charge is 2.33. The molecule has 8 nitrogen and oxygen atoms in total. The van der Waals surface area contributed by atoms with Gasteiger partial charge in [0.25, 0.3) is 0 Å². The molecule has 0 spiro atoms. The van der Waals surface area contributed by atoms with Crippen LogP contribution in [0.1, 0.15) is 78.0 Å². The lowest BCUT2D eigenvalue weighted by Crippen LogP contribution is -2.59. The van der Waals surface area contributed by atoms with Gasteiger partial charge in [-0.25, -0.2) is 0 Å². The Labute approximate surface area is 310 Å². The highest BCUT2D eigenvalue weighted by molar-refractivity contribution is 9.10. The number of amides is 2. The van der Waals surface area contributed by atoms with E-state index in [-0.39, 0.29) is 48.1 Å². The van der Waals surface area contributed by atoms with Crippen LogP contribution in [0.3, 0.4) is 0 Å². The Hall–Kier alpha value is -3.24. The number of carbonyl (C=O) groups excluding carboxylic acids is 2. The molecule has 0 bridgehead atoms. The second-order valence-corrected chi connectivity index (χ2v) is 13.5. The summed E-state index contributed by atoms with van der Waals surface area (Å²) in [5.74, 6) is 0.158. The lowest BCUT2D eigenvalue weighted by molar-refractivity contribution is -0.127. The molecule has 3 atom stereocenters. The Morgan fingerprint density at radius 3 is 2.31 bits per heavy atom. The number of rotatable bonds is 11.